The Bertz CT molecular complexity index is 644. The number of likely N-dealkylation sites (N-methyl/N-ethyl adjacent to an activating group) is 1. The largest absolute Gasteiger partial charge is 0.387 e. The zero-order valence-electron chi connectivity index (χ0n) is 14.3. The number of rotatable bonds is 5. The van der Waals surface area contributed by atoms with Crippen molar-refractivity contribution in [3.63, 3.8) is 0 Å². The number of piperazine rings is 1. The molecule has 0 spiro atoms. The van der Waals surface area contributed by atoms with Crippen LogP contribution in [0.25, 0.3) is 0 Å². The van der Waals surface area contributed by atoms with E-state index in [1.54, 1.807) is 0 Å². The van der Waals surface area contributed by atoms with E-state index in [0.29, 0.717) is 19.5 Å². The van der Waals surface area contributed by atoms with E-state index < -0.39 is 15.6 Å². The summed E-state index contributed by atoms with van der Waals surface area (Å²) in [5.74, 6) is -0.00156. The Labute approximate surface area is 144 Å². The summed E-state index contributed by atoms with van der Waals surface area (Å²) in [6.45, 7) is 5.00. The van der Waals surface area contributed by atoms with E-state index in [9.17, 15) is 13.5 Å². The predicted molar refractivity (Wildman–Crippen MR) is 94.1 cm³/mol. The van der Waals surface area contributed by atoms with E-state index in [1.165, 1.54) is 4.31 Å². The SMILES string of the molecule is CN1CCN(C[C@]2(O)CCN(S(=O)(=O)Cc3ccccc3)C2)CC1. The fourth-order valence-corrected chi connectivity index (χ4v) is 5.09. The molecule has 2 fully saturated rings. The Morgan fingerprint density at radius 1 is 1.08 bits per heavy atom. The molecule has 2 aliphatic heterocycles. The molecule has 1 aromatic rings. The van der Waals surface area contributed by atoms with Crippen molar-refractivity contribution >= 4 is 10.0 Å². The smallest absolute Gasteiger partial charge is 0.218 e. The highest BCUT2D eigenvalue weighted by molar-refractivity contribution is 7.88. The molecule has 0 unspecified atom stereocenters. The zero-order chi connectivity index (χ0) is 17.2. The number of aliphatic hydroxyl groups is 1. The molecule has 2 heterocycles. The van der Waals surface area contributed by atoms with Gasteiger partial charge in [-0.3, -0.25) is 4.90 Å². The predicted octanol–water partition coefficient (Wildman–Crippen LogP) is 0.201. The lowest BCUT2D eigenvalue weighted by molar-refractivity contribution is 0.00424. The van der Waals surface area contributed by atoms with Crippen LogP contribution in [0.3, 0.4) is 0 Å². The molecular formula is C17H27N3O3S. The van der Waals surface area contributed by atoms with Crippen LogP contribution in [0.15, 0.2) is 30.3 Å². The minimum absolute atomic E-state index is 0.00156. The molecule has 1 atom stereocenters. The third-order valence-electron chi connectivity index (χ3n) is 5.00. The minimum Gasteiger partial charge on any atom is -0.387 e. The highest BCUT2D eigenvalue weighted by Gasteiger charge is 2.42. The highest BCUT2D eigenvalue weighted by Crippen LogP contribution is 2.26. The fourth-order valence-electron chi connectivity index (χ4n) is 3.48. The van der Waals surface area contributed by atoms with Crippen molar-refractivity contribution in [1.82, 2.24) is 14.1 Å². The summed E-state index contributed by atoms with van der Waals surface area (Å²) in [4.78, 5) is 4.51. The van der Waals surface area contributed by atoms with Crippen LogP contribution in [-0.2, 0) is 15.8 Å². The van der Waals surface area contributed by atoms with Crippen molar-refractivity contribution in [2.75, 3.05) is 52.9 Å². The van der Waals surface area contributed by atoms with Crippen LogP contribution in [0.2, 0.25) is 0 Å². The lowest BCUT2D eigenvalue weighted by Crippen LogP contribution is -2.52. The van der Waals surface area contributed by atoms with Gasteiger partial charge in [0.05, 0.1) is 11.4 Å². The third-order valence-corrected chi connectivity index (χ3v) is 6.79. The second-order valence-electron chi connectivity index (χ2n) is 7.13. The number of benzene rings is 1. The molecule has 1 aromatic carbocycles. The molecule has 7 heteroatoms. The van der Waals surface area contributed by atoms with E-state index in [1.807, 2.05) is 30.3 Å². The summed E-state index contributed by atoms with van der Waals surface area (Å²) in [5, 5.41) is 10.8. The molecule has 1 N–H and O–H groups in total. The van der Waals surface area contributed by atoms with Gasteiger partial charge in [-0.15, -0.1) is 0 Å². The van der Waals surface area contributed by atoms with Gasteiger partial charge in [-0.1, -0.05) is 30.3 Å². The van der Waals surface area contributed by atoms with Gasteiger partial charge in [0.1, 0.15) is 0 Å². The van der Waals surface area contributed by atoms with Crippen molar-refractivity contribution in [2.24, 2.45) is 0 Å². The van der Waals surface area contributed by atoms with Gasteiger partial charge in [0.15, 0.2) is 0 Å². The molecule has 24 heavy (non-hydrogen) atoms. The molecule has 0 saturated carbocycles. The van der Waals surface area contributed by atoms with E-state index in [-0.39, 0.29) is 12.3 Å². The van der Waals surface area contributed by atoms with Crippen LogP contribution < -0.4 is 0 Å². The van der Waals surface area contributed by atoms with E-state index in [2.05, 4.69) is 16.8 Å². The molecule has 2 aliphatic rings. The zero-order valence-corrected chi connectivity index (χ0v) is 15.1. The maximum absolute atomic E-state index is 12.6. The van der Waals surface area contributed by atoms with Crippen LogP contribution in [0.1, 0.15) is 12.0 Å². The Kier molecular flexibility index (Phi) is 5.27. The van der Waals surface area contributed by atoms with Gasteiger partial charge in [0.25, 0.3) is 0 Å². The lowest BCUT2D eigenvalue weighted by Gasteiger charge is -2.36. The molecule has 134 valence electrons. The molecule has 6 nitrogen and oxygen atoms in total. The molecule has 0 aromatic heterocycles. The van der Waals surface area contributed by atoms with Gasteiger partial charge >= 0.3 is 0 Å². The summed E-state index contributed by atoms with van der Waals surface area (Å²) in [7, 11) is -1.29. The Morgan fingerprint density at radius 3 is 2.42 bits per heavy atom. The summed E-state index contributed by atoms with van der Waals surface area (Å²) in [6, 6.07) is 9.21. The maximum Gasteiger partial charge on any atom is 0.218 e. The fraction of sp³-hybridized carbons (Fsp3) is 0.647. The Hall–Kier alpha value is -0.990. The van der Waals surface area contributed by atoms with Crippen LogP contribution in [0.5, 0.6) is 0 Å². The first-order valence-electron chi connectivity index (χ1n) is 8.51. The molecule has 0 bridgehead atoms. The first-order chi connectivity index (χ1) is 11.4. The van der Waals surface area contributed by atoms with Gasteiger partial charge in [0, 0.05) is 45.8 Å². The molecule has 0 radical (unpaired) electrons. The number of sulfonamides is 1. The standard InChI is InChI=1S/C17H27N3O3S/c1-18-9-11-19(12-10-18)14-17(21)7-8-20(15-17)24(22,23)13-16-5-3-2-4-6-16/h2-6,21H,7-15H2,1H3/t17-/m1/s1. The highest BCUT2D eigenvalue weighted by atomic mass is 32.2. The van der Waals surface area contributed by atoms with Crippen LogP contribution in [0.4, 0.5) is 0 Å². The van der Waals surface area contributed by atoms with Gasteiger partial charge in [0.2, 0.25) is 10.0 Å². The average Bonchev–Trinajstić information content (AvgIpc) is 2.93. The third kappa shape index (κ3) is 4.34. The molecule has 0 aliphatic carbocycles. The monoisotopic (exact) mass is 353 g/mol. The topological polar surface area (TPSA) is 64.1 Å². The molecular weight excluding hydrogens is 326 g/mol. The van der Waals surface area contributed by atoms with Crippen molar-refractivity contribution in [3.05, 3.63) is 35.9 Å². The number of β-amino-alcohol motifs (C(OH)–C–C–N with tert-alkyl or cyclic N) is 1. The first kappa shape index (κ1) is 17.8. The van der Waals surface area contributed by atoms with Crippen molar-refractivity contribution in [1.29, 1.82) is 0 Å². The summed E-state index contributed by atoms with van der Waals surface area (Å²) >= 11 is 0. The van der Waals surface area contributed by atoms with Gasteiger partial charge < -0.3 is 10.0 Å². The Morgan fingerprint density at radius 2 is 1.75 bits per heavy atom. The van der Waals surface area contributed by atoms with Crippen molar-refractivity contribution < 1.29 is 13.5 Å². The lowest BCUT2D eigenvalue weighted by atomic mass is 10.0. The maximum atomic E-state index is 12.6. The number of hydrogen-bond donors (Lipinski definition) is 1. The average molecular weight is 353 g/mol. The molecule has 2 saturated heterocycles. The molecule has 3 rings (SSSR count). The quantitative estimate of drug-likeness (QED) is 0.819. The van der Waals surface area contributed by atoms with Gasteiger partial charge in [-0.2, -0.15) is 4.31 Å². The van der Waals surface area contributed by atoms with E-state index in [0.717, 1.165) is 31.7 Å². The van der Waals surface area contributed by atoms with Crippen molar-refractivity contribution in [2.45, 2.75) is 17.8 Å². The summed E-state index contributed by atoms with van der Waals surface area (Å²) < 4.78 is 26.7. The van der Waals surface area contributed by atoms with E-state index in [4.69, 9.17) is 0 Å². The van der Waals surface area contributed by atoms with Gasteiger partial charge in [-0.25, -0.2) is 8.42 Å². The normalized spacial score (nSPS) is 27.6. The summed E-state index contributed by atoms with van der Waals surface area (Å²) in [6.07, 6.45) is 0.507. The van der Waals surface area contributed by atoms with Crippen LogP contribution in [-0.4, -0.2) is 86.1 Å². The van der Waals surface area contributed by atoms with E-state index >= 15 is 0 Å². The minimum atomic E-state index is -3.39. The van der Waals surface area contributed by atoms with Crippen LogP contribution in [0, 0.1) is 0 Å². The first-order valence-corrected chi connectivity index (χ1v) is 10.1. The number of hydrogen-bond acceptors (Lipinski definition) is 5. The second-order valence-corrected chi connectivity index (χ2v) is 9.10. The second kappa shape index (κ2) is 7.09. The van der Waals surface area contributed by atoms with Crippen molar-refractivity contribution in [3.8, 4) is 0 Å². The van der Waals surface area contributed by atoms with Gasteiger partial charge in [-0.05, 0) is 19.0 Å². The molecule has 0 amide bonds. The number of nitrogens with zero attached hydrogens (tertiary/aromatic N) is 3. The summed E-state index contributed by atoms with van der Waals surface area (Å²) in [5.41, 5.74) is -0.147. The van der Waals surface area contributed by atoms with Crippen LogP contribution >= 0.6 is 0 Å². The Balaban J connectivity index is 1.59.